The van der Waals surface area contributed by atoms with Crippen LogP contribution in [0.4, 0.5) is 5.82 Å². The Labute approximate surface area is 225 Å². The minimum absolute atomic E-state index is 0.155. The molecule has 0 radical (unpaired) electrons. The number of carboxylic acids is 1. The smallest absolute Gasteiger partial charge is 0.335 e. The fourth-order valence-corrected chi connectivity index (χ4v) is 5.00. The van der Waals surface area contributed by atoms with Gasteiger partial charge < -0.3 is 25.1 Å². The van der Waals surface area contributed by atoms with E-state index in [1.807, 2.05) is 44.2 Å². The topological polar surface area (TPSA) is 140 Å². The molecule has 2 heterocycles. The molecule has 0 spiro atoms. The van der Waals surface area contributed by atoms with Gasteiger partial charge in [-0.2, -0.15) is 5.26 Å². The predicted molar refractivity (Wildman–Crippen MR) is 146 cm³/mol. The van der Waals surface area contributed by atoms with Crippen LogP contribution in [-0.4, -0.2) is 54.4 Å². The second-order valence-electron chi connectivity index (χ2n) is 9.05. The molecule has 1 aliphatic heterocycles. The quantitative estimate of drug-likeness (QED) is 0.294. The van der Waals surface area contributed by atoms with E-state index in [1.165, 1.54) is 17.8 Å². The molecule has 10 heteroatoms. The third-order valence-corrected chi connectivity index (χ3v) is 6.84. The number of nitriles is 1. The zero-order valence-electron chi connectivity index (χ0n) is 21.3. The molecule has 1 saturated heterocycles. The van der Waals surface area contributed by atoms with Gasteiger partial charge in [-0.15, -0.1) is 11.8 Å². The molecular weight excluding hydrogens is 504 g/mol. The molecule has 3 N–H and O–H groups in total. The van der Waals surface area contributed by atoms with Crippen molar-refractivity contribution < 1.29 is 24.1 Å². The molecule has 1 aromatic heterocycles. The Morgan fingerprint density at radius 2 is 2.11 bits per heavy atom. The van der Waals surface area contributed by atoms with Gasteiger partial charge in [0.25, 0.3) is 0 Å². The highest BCUT2D eigenvalue weighted by Gasteiger charge is 2.33. The Morgan fingerprint density at radius 1 is 1.34 bits per heavy atom. The normalized spacial score (nSPS) is 16.4. The lowest BCUT2D eigenvalue weighted by Gasteiger charge is -2.17. The molecule has 2 aromatic carbocycles. The average molecular weight is 533 g/mol. The molecule has 0 saturated carbocycles. The van der Waals surface area contributed by atoms with E-state index in [4.69, 9.17) is 19.9 Å². The number of hydrogen-bond donors (Lipinski definition) is 2. The van der Waals surface area contributed by atoms with Gasteiger partial charge in [-0.3, -0.25) is 4.99 Å². The Morgan fingerprint density at radius 3 is 2.74 bits per heavy atom. The fourth-order valence-electron chi connectivity index (χ4n) is 4.06. The fraction of sp³-hybridized carbons (Fsp3) is 0.286. The van der Waals surface area contributed by atoms with Crippen LogP contribution in [0, 0.1) is 11.3 Å². The number of anilines is 1. The van der Waals surface area contributed by atoms with Gasteiger partial charge in [-0.25, -0.2) is 9.78 Å². The highest BCUT2D eigenvalue weighted by molar-refractivity contribution is 7.98. The summed E-state index contributed by atoms with van der Waals surface area (Å²) < 4.78 is 17.3. The molecular formula is C28H28N4O5S. The maximum Gasteiger partial charge on any atom is 0.335 e. The standard InChI is InChI=1S/C28H28N4O5S/c1-28(2)36-15-21(37-28)14-35-20-9-7-18(8-10-20)24-22(12-29)26(32-25(30)23(24)13-31-3)38-16-17-5-4-6-19(11-17)27(33)34/h4-11,13,21H,14-16H2,1-3H3,(H2,30,32)(H,33,34). The van der Waals surface area contributed by atoms with Crippen molar-refractivity contribution in [3.05, 3.63) is 70.8 Å². The van der Waals surface area contributed by atoms with Crippen molar-refractivity contribution in [3.8, 4) is 22.9 Å². The van der Waals surface area contributed by atoms with E-state index >= 15 is 0 Å². The predicted octanol–water partition coefficient (Wildman–Crippen LogP) is 4.77. The van der Waals surface area contributed by atoms with Gasteiger partial charge >= 0.3 is 5.97 Å². The number of carbonyl (C=O) groups is 1. The van der Waals surface area contributed by atoms with Gasteiger partial charge in [0.15, 0.2) is 5.79 Å². The molecule has 4 rings (SSSR count). The number of aliphatic imine (C=N–C) groups is 1. The van der Waals surface area contributed by atoms with Crippen molar-refractivity contribution in [2.24, 2.45) is 4.99 Å². The highest BCUT2D eigenvalue weighted by Crippen LogP contribution is 2.37. The van der Waals surface area contributed by atoms with Crippen LogP contribution < -0.4 is 10.5 Å². The number of ether oxygens (including phenoxy) is 3. The van der Waals surface area contributed by atoms with Crippen LogP contribution in [-0.2, 0) is 15.2 Å². The van der Waals surface area contributed by atoms with E-state index in [1.54, 1.807) is 25.4 Å². The first-order valence-corrected chi connectivity index (χ1v) is 12.8. The third kappa shape index (κ3) is 6.31. The molecule has 0 amide bonds. The van der Waals surface area contributed by atoms with Gasteiger partial charge in [-0.1, -0.05) is 24.3 Å². The molecule has 0 aliphatic carbocycles. The van der Waals surface area contributed by atoms with E-state index in [0.717, 1.165) is 11.1 Å². The number of nitrogens with two attached hydrogens (primary N) is 1. The van der Waals surface area contributed by atoms with Crippen LogP contribution in [0.25, 0.3) is 11.1 Å². The third-order valence-electron chi connectivity index (χ3n) is 5.80. The minimum Gasteiger partial charge on any atom is -0.491 e. The summed E-state index contributed by atoms with van der Waals surface area (Å²) >= 11 is 1.32. The van der Waals surface area contributed by atoms with Crippen molar-refractivity contribution in [3.63, 3.8) is 0 Å². The van der Waals surface area contributed by atoms with E-state index < -0.39 is 11.8 Å². The van der Waals surface area contributed by atoms with Crippen molar-refractivity contribution in [2.75, 3.05) is 26.0 Å². The Bertz CT molecular complexity index is 1400. The molecule has 1 unspecified atom stereocenters. The molecule has 1 atom stereocenters. The lowest BCUT2D eigenvalue weighted by molar-refractivity contribution is -0.141. The average Bonchev–Trinajstić information content (AvgIpc) is 3.26. The SMILES string of the molecule is CN=Cc1c(N)nc(SCc2cccc(C(=O)O)c2)c(C#N)c1-c1ccc(OCC2COC(C)(C)O2)cc1. The Kier molecular flexibility index (Phi) is 8.32. The molecule has 9 nitrogen and oxygen atoms in total. The van der Waals surface area contributed by atoms with Crippen LogP contribution in [0.5, 0.6) is 5.75 Å². The van der Waals surface area contributed by atoms with Crippen LogP contribution in [0.2, 0.25) is 0 Å². The minimum atomic E-state index is -0.997. The number of hydrogen-bond acceptors (Lipinski definition) is 9. The second-order valence-corrected chi connectivity index (χ2v) is 10.0. The second kappa shape index (κ2) is 11.6. The summed E-state index contributed by atoms with van der Waals surface area (Å²) in [6.07, 6.45) is 1.44. The number of aromatic nitrogens is 1. The highest BCUT2D eigenvalue weighted by atomic mass is 32.2. The number of rotatable bonds is 9. The largest absolute Gasteiger partial charge is 0.491 e. The van der Waals surface area contributed by atoms with E-state index in [-0.39, 0.29) is 17.5 Å². The molecule has 38 heavy (non-hydrogen) atoms. The molecule has 1 aliphatic rings. The van der Waals surface area contributed by atoms with Crippen LogP contribution in [0.3, 0.4) is 0 Å². The lowest BCUT2D eigenvalue weighted by Crippen LogP contribution is -2.25. The molecule has 196 valence electrons. The summed E-state index contributed by atoms with van der Waals surface area (Å²) in [7, 11) is 1.63. The monoisotopic (exact) mass is 532 g/mol. The van der Waals surface area contributed by atoms with E-state index in [0.29, 0.717) is 46.4 Å². The Hall–Kier alpha value is -3.91. The van der Waals surface area contributed by atoms with Gasteiger partial charge in [0, 0.05) is 30.1 Å². The molecule has 0 bridgehead atoms. The summed E-state index contributed by atoms with van der Waals surface area (Å²) in [5, 5.41) is 19.9. The first kappa shape index (κ1) is 27.1. The number of nitrogens with zero attached hydrogens (tertiary/aromatic N) is 3. The lowest BCUT2D eigenvalue weighted by atomic mass is 9.96. The molecule has 1 fully saturated rings. The summed E-state index contributed by atoms with van der Waals surface area (Å²) in [5.74, 6) is -0.296. The number of nitrogen functional groups attached to an aromatic ring is 1. The van der Waals surface area contributed by atoms with Crippen molar-refractivity contribution >= 4 is 29.8 Å². The van der Waals surface area contributed by atoms with E-state index in [2.05, 4.69) is 16.0 Å². The summed E-state index contributed by atoms with van der Waals surface area (Å²) in [5.41, 5.74) is 9.60. The number of thioether (sulfide) groups is 1. The first-order valence-electron chi connectivity index (χ1n) is 11.9. The van der Waals surface area contributed by atoms with Gasteiger partial charge in [-0.05, 0) is 49.2 Å². The number of benzene rings is 2. The van der Waals surface area contributed by atoms with Crippen LogP contribution in [0.1, 0.15) is 40.9 Å². The zero-order chi connectivity index (χ0) is 27.3. The van der Waals surface area contributed by atoms with Crippen LogP contribution >= 0.6 is 11.8 Å². The van der Waals surface area contributed by atoms with Crippen LogP contribution in [0.15, 0.2) is 58.5 Å². The van der Waals surface area contributed by atoms with Gasteiger partial charge in [0.05, 0.1) is 17.7 Å². The number of pyridine rings is 1. The van der Waals surface area contributed by atoms with Gasteiger partial charge in [0.1, 0.15) is 35.4 Å². The number of carboxylic acid groups (broad SMARTS) is 1. The first-order chi connectivity index (χ1) is 18.2. The maximum atomic E-state index is 11.3. The summed E-state index contributed by atoms with van der Waals surface area (Å²) in [4.78, 5) is 19.9. The number of aromatic carboxylic acids is 1. The van der Waals surface area contributed by atoms with Crippen molar-refractivity contribution in [1.29, 1.82) is 5.26 Å². The molecule has 3 aromatic rings. The summed E-state index contributed by atoms with van der Waals surface area (Å²) in [6.45, 7) is 4.55. The van der Waals surface area contributed by atoms with Crippen molar-refractivity contribution in [2.45, 2.75) is 36.5 Å². The van der Waals surface area contributed by atoms with E-state index in [9.17, 15) is 15.2 Å². The maximum absolute atomic E-state index is 11.3. The van der Waals surface area contributed by atoms with Gasteiger partial charge in [0.2, 0.25) is 0 Å². The Balaban J connectivity index is 1.60. The van der Waals surface area contributed by atoms with Crippen molar-refractivity contribution in [1.82, 2.24) is 4.98 Å². The zero-order valence-corrected chi connectivity index (χ0v) is 22.1. The summed E-state index contributed by atoms with van der Waals surface area (Å²) in [6, 6.07) is 16.3.